The van der Waals surface area contributed by atoms with E-state index in [0.29, 0.717) is 0 Å². The van der Waals surface area contributed by atoms with E-state index < -0.39 is 0 Å². The molecule has 2 heteroatoms. The molecule has 0 radical (unpaired) electrons. The molecule has 0 aromatic heterocycles. The van der Waals surface area contributed by atoms with Crippen LogP contribution in [0.15, 0.2) is 24.5 Å². The topological polar surface area (TPSA) is 40.5 Å². The van der Waals surface area contributed by atoms with Crippen LogP contribution in [0.3, 0.4) is 0 Å². The van der Waals surface area contributed by atoms with E-state index in [-0.39, 0.29) is 18.4 Å². The molecule has 2 nitrogen and oxygen atoms in total. The van der Waals surface area contributed by atoms with E-state index in [1.807, 2.05) is 19.9 Å². The van der Waals surface area contributed by atoms with Crippen LogP contribution in [-0.2, 0) is 0 Å². The quantitative estimate of drug-likeness (QED) is 0.491. The minimum atomic E-state index is 0.162. The fourth-order valence-corrected chi connectivity index (χ4v) is 1.08. The fraction of sp³-hybridized carbons (Fsp3) is 0.600. The molecule has 0 bridgehead atoms. The smallest absolute Gasteiger partial charge is 0.0781 e. The summed E-state index contributed by atoms with van der Waals surface area (Å²) in [7, 11) is 0. The van der Waals surface area contributed by atoms with Gasteiger partial charge in [0.05, 0.1) is 6.26 Å². The van der Waals surface area contributed by atoms with E-state index >= 15 is 0 Å². The molecule has 0 amide bonds. The zero-order chi connectivity index (χ0) is 9.56. The minimum Gasteiger partial charge on any atom is -0.516 e. The molecule has 0 aliphatic rings. The average molecular weight is 170 g/mol. The van der Waals surface area contributed by atoms with Crippen molar-refractivity contribution in [2.75, 3.05) is 6.61 Å². The van der Waals surface area contributed by atoms with Gasteiger partial charge in [0.15, 0.2) is 0 Å². The van der Waals surface area contributed by atoms with Gasteiger partial charge in [0, 0.05) is 6.61 Å². The normalized spacial score (nSPS) is 17.1. The van der Waals surface area contributed by atoms with Gasteiger partial charge < -0.3 is 10.2 Å². The monoisotopic (exact) mass is 170 g/mol. The highest BCUT2D eigenvalue weighted by atomic mass is 16.3. The van der Waals surface area contributed by atoms with Crippen molar-refractivity contribution >= 4 is 0 Å². The second-order valence-corrected chi connectivity index (χ2v) is 3.24. The van der Waals surface area contributed by atoms with Crippen LogP contribution in [0, 0.1) is 11.8 Å². The van der Waals surface area contributed by atoms with Crippen LogP contribution in [-0.4, -0.2) is 16.8 Å². The first-order chi connectivity index (χ1) is 5.65. The summed E-state index contributed by atoms with van der Waals surface area (Å²) >= 11 is 0. The number of rotatable bonds is 5. The lowest BCUT2D eigenvalue weighted by molar-refractivity contribution is 0.206. The van der Waals surface area contributed by atoms with E-state index in [0.717, 1.165) is 18.3 Å². The summed E-state index contributed by atoms with van der Waals surface area (Å²) in [5.41, 5.74) is 0.917. The number of aliphatic hydroxyl groups is 2. The fourth-order valence-electron chi connectivity index (χ4n) is 1.08. The number of aliphatic hydroxyl groups excluding tert-OH is 2. The Hall–Kier alpha value is -0.760. The lowest BCUT2D eigenvalue weighted by Crippen LogP contribution is -2.13. The first-order valence-corrected chi connectivity index (χ1v) is 4.19. The Bertz CT molecular complexity index is 161. The Kier molecular flexibility index (Phi) is 5.47. The highest BCUT2D eigenvalue weighted by molar-refractivity contribution is 4.99. The highest BCUT2D eigenvalue weighted by Gasteiger charge is 2.12. The SMILES string of the molecule is C=CC(CC(C)=CO)C(C)CO. The molecule has 0 rings (SSSR count). The molecule has 2 atom stereocenters. The van der Waals surface area contributed by atoms with Gasteiger partial charge in [-0.3, -0.25) is 0 Å². The van der Waals surface area contributed by atoms with Crippen molar-refractivity contribution in [1.82, 2.24) is 0 Å². The zero-order valence-corrected chi connectivity index (χ0v) is 7.83. The van der Waals surface area contributed by atoms with Gasteiger partial charge in [-0.05, 0) is 30.8 Å². The molecule has 0 saturated carbocycles. The maximum Gasteiger partial charge on any atom is 0.0781 e. The molecule has 0 aliphatic heterocycles. The van der Waals surface area contributed by atoms with Crippen LogP contribution in [0.4, 0.5) is 0 Å². The first-order valence-electron chi connectivity index (χ1n) is 4.19. The van der Waals surface area contributed by atoms with Crippen LogP contribution >= 0.6 is 0 Å². The molecule has 0 aromatic rings. The molecular formula is C10H18O2. The van der Waals surface area contributed by atoms with E-state index in [1.54, 1.807) is 0 Å². The van der Waals surface area contributed by atoms with Crippen molar-refractivity contribution in [2.45, 2.75) is 20.3 Å². The van der Waals surface area contributed by atoms with Gasteiger partial charge in [0.1, 0.15) is 0 Å². The lowest BCUT2D eigenvalue weighted by Gasteiger charge is -2.18. The minimum absolute atomic E-state index is 0.162. The number of allylic oxidation sites excluding steroid dienone is 2. The second-order valence-electron chi connectivity index (χ2n) is 3.24. The molecule has 2 N–H and O–H groups in total. The van der Waals surface area contributed by atoms with Crippen molar-refractivity contribution in [3.63, 3.8) is 0 Å². The van der Waals surface area contributed by atoms with Crippen molar-refractivity contribution < 1.29 is 10.2 Å². The maximum atomic E-state index is 8.89. The van der Waals surface area contributed by atoms with Crippen molar-refractivity contribution in [1.29, 1.82) is 0 Å². The molecule has 70 valence electrons. The summed E-state index contributed by atoms with van der Waals surface area (Å²) in [5.74, 6) is 0.454. The predicted molar refractivity (Wildman–Crippen MR) is 50.9 cm³/mol. The van der Waals surface area contributed by atoms with Gasteiger partial charge in [0.25, 0.3) is 0 Å². The summed E-state index contributed by atoms with van der Waals surface area (Å²) < 4.78 is 0. The van der Waals surface area contributed by atoms with Crippen molar-refractivity contribution in [3.8, 4) is 0 Å². The van der Waals surface area contributed by atoms with Crippen LogP contribution in [0.5, 0.6) is 0 Å². The zero-order valence-electron chi connectivity index (χ0n) is 7.83. The molecule has 12 heavy (non-hydrogen) atoms. The van der Waals surface area contributed by atoms with E-state index in [4.69, 9.17) is 10.2 Å². The Morgan fingerprint density at radius 3 is 2.50 bits per heavy atom. The number of hydrogen-bond donors (Lipinski definition) is 2. The third kappa shape index (κ3) is 3.58. The summed E-state index contributed by atoms with van der Waals surface area (Å²) in [6.07, 6.45) is 3.70. The Labute approximate surface area is 74.2 Å². The maximum absolute atomic E-state index is 8.89. The molecule has 0 fully saturated rings. The summed E-state index contributed by atoms with van der Waals surface area (Å²) in [4.78, 5) is 0. The van der Waals surface area contributed by atoms with E-state index in [2.05, 4.69) is 6.58 Å². The van der Waals surface area contributed by atoms with Gasteiger partial charge in [-0.15, -0.1) is 6.58 Å². The van der Waals surface area contributed by atoms with Crippen molar-refractivity contribution in [2.24, 2.45) is 11.8 Å². The summed E-state index contributed by atoms with van der Waals surface area (Å²) in [5, 5.41) is 17.6. The van der Waals surface area contributed by atoms with Gasteiger partial charge >= 0.3 is 0 Å². The first kappa shape index (κ1) is 11.2. The second kappa shape index (κ2) is 5.84. The van der Waals surface area contributed by atoms with Gasteiger partial charge in [-0.2, -0.15) is 0 Å². The van der Waals surface area contributed by atoms with E-state index in [1.165, 1.54) is 0 Å². The number of hydrogen-bond acceptors (Lipinski definition) is 2. The predicted octanol–water partition coefficient (Wildman–Crippen LogP) is 2.27. The Balaban J connectivity index is 4.08. The summed E-state index contributed by atoms with van der Waals surface area (Å²) in [6, 6.07) is 0. The van der Waals surface area contributed by atoms with Gasteiger partial charge in [-0.25, -0.2) is 0 Å². The molecule has 0 saturated heterocycles. The standard InChI is InChI=1S/C10H18O2/c1-4-10(9(3)7-12)5-8(2)6-11/h4,6,9-12H,1,5,7H2,2-3H3. The third-order valence-electron chi connectivity index (χ3n) is 2.10. The summed E-state index contributed by atoms with van der Waals surface area (Å²) in [6.45, 7) is 7.69. The largest absolute Gasteiger partial charge is 0.516 e. The average Bonchev–Trinajstić information content (AvgIpc) is 2.12. The van der Waals surface area contributed by atoms with Crippen LogP contribution < -0.4 is 0 Å². The molecule has 0 heterocycles. The Morgan fingerprint density at radius 1 is 1.58 bits per heavy atom. The highest BCUT2D eigenvalue weighted by Crippen LogP contribution is 2.20. The Morgan fingerprint density at radius 2 is 2.17 bits per heavy atom. The van der Waals surface area contributed by atoms with Crippen LogP contribution in [0.25, 0.3) is 0 Å². The molecule has 2 unspecified atom stereocenters. The third-order valence-corrected chi connectivity index (χ3v) is 2.10. The molecule has 0 aromatic carbocycles. The van der Waals surface area contributed by atoms with Gasteiger partial charge in [-0.1, -0.05) is 13.0 Å². The van der Waals surface area contributed by atoms with Gasteiger partial charge in [0.2, 0.25) is 0 Å². The lowest BCUT2D eigenvalue weighted by atomic mass is 9.89. The van der Waals surface area contributed by atoms with E-state index in [9.17, 15) is 0 Å². The van der Waals surface area contributed by atoms with Crippen LogP contribution in [0.1, 0.15) is 20.3 Å². The van der Waals surface area contributed by atoms with Crippen LogP contribution in [0.2, 0.25) is 0 Å². The molecule has 0 spiro atoms. The molecular weight excluding hydrogens is 152 g/mol. The van der Waals surface area contributed by atoms with Crippen molar-refractivity contribution in [3.05, 3.63) is 24.5 Å². The molecule has 0 aliphatic carbocycles.